The highest BCUT2D eigenvalue weighted by Gasteiger charge is 2.27. The SMILES string of the molecule is COC(=O)c1ccc2[nH]c3c(c2c1)CN(C(=O)c1cc2c(nc4sccn42)s1)CC3. The molecule has 1 aromatic carbocycles. The normalized spacial score (nSPS) is 14.0. The summed E-state index contributed by atoms with van der Waals surface area (Å²) in [6, 6.07) is 7.44. The zero-order chi connectivity index (χ0) is 20.4. The Morgan fingerprint density at radius 3 is 3.03 bits per heavy atom. The number of thiazole rings is 1. The topological polar surface area (TPSA) is 79.7 Å². The first-order chi connectivity index (χ1) is 14.6. The number of carbonyl (C=O) groups excluding carboxylic acids is 2. The van der Waals surface area contributed by atoms with Crippen molar-refractivity contribution < 1.29 is 14.3 Å². The van der Waals surface area contributed by atoms with E-state index in [0.717, 1.165) is 43.9 Å². The summed E-state index contributed by atoms with van der Waals surface area (Å²) in [7, 11) is 1.38. The number of hydrogen-bond donors (Lipinski definition) is 1. The molecule has 0 spiro atoms. The molecule has 0 saturated heterocycles. The summed E-state index contributed by atoms with van der Waals surface area (Å²) in [5.41, 5.74) is 4.65. The van der Waals surface area contributed by atoms with Crippen LogP contribution in [-0.4, -0.2) is 44.8 Å². The quantitative estimate of drug-likeness (QED) is 0.423. The van der Waals surface area contributed by atoms with Gasteiger partial charge in [-0.1, -0.05) is 0 Å². The molecule has 30 heavy (non-hydrogen) atoms. The molecular formula is C21H16N4O3S2. The van der Waals surface area contributed by atoms with Crippen LogP contribution in [0.4, 0.5) is 0 Å². The number of hydrogen-bond acceptors (Lipinski definition) is 6. The third-order valence-electron chi connectivity index (χ3n) is 5.63. The minimum atomic E-state index is -0.363. The number of ether oxygens (including phenoxy) is 1. The lowest BCUT2D eigenvalue weighted by Gasteiger charge is -2.26. The van der Waals surface area contributed by atoms with Crippen LogP contribution in [-0.2, 0) is 17.7 Å². The van der Waals surface area contributed by atoms with Crippen LogP contribution >= 0.6 is 22.7 Å². The van der Waals surface area contributed by atoms with Crippen molar-refractivity contribution >= 4 is 60.8 Å². The molecule has 0 unspecified atom stereocenters. The number of aromatic amines is 1. The fraction of sp³-hybridized carbons (Fsp3) is 0.190. The molecule has 0 saturated carbocycles. The van der Waals surface area contributed by atoms with Crippen LogP contribution in [0.5, 0.6) is 0 Å². The van der Waals surface area contributed by atoms with E-state index in [0.29, 0.717) is 23.5 Å². The largest absolute Gasteiger partial charge is 0.465 e. The van der Waals surface area contributed by atoms with E-state index >= 15 is 0 Å². The molecule has 4 aromatic heterocycles. The molecule has 0 fully saturated rings. The minimum absolute atomic E-state index is 0.0195. The zero-order valence-corrected chi connectivity index (χ0v) is 17.6. The van der Waals surface area contributed by atoms with E-state index < -0.39 is 0 Å². The highest BCUT2D eigenvalue weighted by atomic mass is 32.1. The van der Waals surface area contributed by atoms with E-state index in [1.165, 1.54) is 18.4 Å². The van der Waals surface area contributed by atoms with E-state index in [-0.39, 0.29) is 11.9 Å². The molecule has 6 rings (SSSR count). The monoisotopic (exact) mass is 436 g/mol. The number of H-pyrrole nitrogens is 1. The van der Waals surface area contributed by atoms with Gasteiger partial charge in [0.2, 0.25) is 0 Å². The Kier molecular flexibility index (Phi) is 3.78. The number of esters is 1. The Labute approximate surface area is 178 Å². The van der Waals surface area contributed by atoms with Gasteiger partial charge in [-0.2, -0.15) is 0 Å². The maximum atomic E-state index is 13.2. The van der Waals surface area contributed by atoms with Crippen molar-refractivity contribution in [2.45, 2.75) is 13.0 Å². The van der Waals surface area contributed by atoms with Gasteiger partial charge in [0, 0.05) is 53.2 Å². The van der Waals surface area contributed by atoms with Gasteiger partial charge in [-0.05, 0) is 24.3 Å². The molecule has 0 radical (unpaired) electrons. The average molecular weight is 437 g/mol. The van der Waals surface area contributed by atoms with Gasteiger partial charge in [0.05, 0.1) is 23.1 Å². The molecule has 1 N–H and O–H groups in total. The Morgan fingerprint density at radius 2 is 2.17 bits per heavy atom. The van der Waals surface area contributed by atoms with Crippen molar-refractivity contribution in [1.82, 2.24) is 19.3 Å². The summed E-state index contributed by atoms with van der Waals surface area (Å²) < 4.78 is 6.87. The smallest absolute Gasteiger partial charge is 0.337 e. The van der Waals surface area contributed by atoms with E-state index in [1.54, 1.807) is 17.4 Å². The fourth-order valence-electron chi connectivity index (χ4n) is 4.14. The zero-order valence-electron chi connectivity index (χ0n) is 16.0. The highest BCUT2D eigenvalue weighted by Crippen LogP contribution is 2.32. The predicted molar refractivity (Wildman–Crippen MR) is 117 cm³/mol. The Morgan fingerprint density at radius 1 is 1.27 bits per heavy atom. The second kappa shape index (κ2) is 6.41. The number of nitrogens with one attached hydrogen (secondary N) is 1. The Balaban J connectivity index is 1.35. The molecule has 5 aromatic rings. The van der Waals surface area contributed by atoms with Gasteiger partial charge in [0.1, 0.15) is 4.83 Å². The van der Waals surface area contributed by atoms with Gasteiger partial charge < -0.3 is 14.6 Å². The van der Waals surface area contributed by atoms with Gasteiger partial charge in [-0.15, -0.1) is 22.7 Å². The summed E-state index contributed by atoms with van der Waals surface area (Å²) in [6.45, 7) is 1.16. The average Bonchev–Trinajstić information content (AvgIpc) is 3.51. The predicted octanol–water partition coefficient (Wildman–Crippen LogP) is 4.08. The lowest BCUT2D eigenvalue weighted by molar-refractivity contribution is 0.0600. The summed E-state index contributed by atoms with van der Waals surface area (Å²) in [5.74, 6) is -0.344. The first-order valence-electron chi connectivity index (χ1n) is 9.48. The molecule has 1 aliphatic rings. The van der Waals surface area contributed by atoms with Crippen LogP contribution in [0.15, 0.2) is 35.8 Å². The first kappa shape index (κ1) is 17.7. The molecule has 9 heteroatoms. The van der Waals surface area contributed by atoms with Crippen LogP contribution in [0.2, 0.25) is 0 Å². The number of nitrogens with zero attached hydrogens (tertiary/aromatic N) is 3. The van der Waals surface area contributed by atoms with Crippen molar-refractivity contribution in [3.63, 3.8) is 0 Å². The maximum Gasteiger partial charge on any atom is 0.337 e. The molecule has 0 bridgehead atoms. The molecular weight excluding hydrogens is 420 g/mol. The fourth-order valence-corrected chi connectivity index (χ4v) is 5.91. The lowest BCUT2D eigenvalue weighted by atomic mass is 10.0. The standard InChI is InChI=1S/C21H16N4O3S2/c1-28-20(27)11-2-3-14-12(8-11)13-10-24(5-4-15(13)22-14)19(26)17-9-16-18(30-17)23-21-25(16)6-7-29-21/h2-3,6-9,22H,4-5,10H2,1H3. The second-order valence-electron chi connectivity index (χ2n) is 7.28. The molecule has 0 atom stereocenters. The number of amides is 1. The van der Waals surface area contributed by atoms with E-state index in [2.05, 4.69) is 9.97 Å². The Bertz CT molecular complexity index is 1470. The molecule has 1 aliphatic heterocycles. The molecule has 0 aliphatic carbocycles. The highest BCUT2D eigenvalue weighted by molar-refractivity contribution is 7.21. The van der Waals surface area contributed by atoms with Crippen LogP contribution < -0.4 is 0 Å². The van der Waals surface area contributed by atoms with Crippen molar-refractivity contribution in [3.05, 3.63) is 57.5 Å². The molecule has 7 nitrogen and oxygen atoms in total. The van der Waals surface area contributed by atoms with Crippen molar-refractivity contribution in [2.75, 3.05) is 13.7 Å². The van der Waals surface area contributed by atoms with Gasteiger partial charge in [0.25, 0.3) is 5.91 Å². The first-order valence-corrected chi connectivity index (χ1v) is 11.2. The summed E-state index contributed by atoms with van der Waals surface area (Å²) in [6.07, 6.45) is 2.73. The number of aromatic nitrogens is 3. The van der Waals surface area contributed by atoms with Crippen molar-refractivity contribution in [2.24, 2.45) is 0 Å². The number of fused-ring (bicyclic) bond motifs is 6. The van der Waals surface area contributed by atoms with E-state index in [4.69, 9.17) is 4.74 Å². The molecule has 5 heterocycles. The summed E-state index contributed by atoms with van der Waals surface area (Å²) >= 11 is 3.03. The third kappa shape index (κ3) is 2.52. The molecule has 150 valence electrons. The number of carbonyl (C=O) groups is 2. The van der Waals surface area contributed by atoms with Crippen LogP contribution in [0.3, 0.4) is 0 Å². The number of rotatable bonds is 2. The third-order valence-corrected chi connectivity index (χ3v) is 7.40. The number of imidazole rings is 1. The van der Waals surface area contributed by atoms with Crippen molar-refractivity contribution in [1.29, 1.82) is 0 Å². The minimum Gasteiger partial charge on any atom is -0.465 e. The van der Waals surface area contributed by atoms with E-state index in [1.807, 2.05) is 39.1 Å². The van der Waals surface area contributed by atoms with Gasteiger partial charge in [-0.25, -0.2) is 9.78 Å². The number of benzene rings is 1. The van der Waals surface area contributed by atoms with Crippen LogP contribution in [0, 0.1) is 0 Å². The Hall–Kier alpha value is -3.17. The van der Waals surface area contributed by atoms with Crippen molar-refractivity contribution in [3.8, 4) is 0 Å². The summed E-state index contributed by atoms with van der Waals surface area (Å²) in [4.78, 5) is 37.6. The second-order valence-corrected chi connectivity index (χ2v) is 9.18. The van der Waals surface area contributed by atoms with E-state index in [9.17, 15) is 9.59 Å². The maximum absolute atomic E-state index is 13.2. The number of methoxy groups -OCH3 is 1. The number of thiophene rings is 1. The lowest BCUT2D eigenvalue weighted by Crippen LogP contribution is -2.35. The van der Waals surface area contributed by atoms with Gasteiger partial charge >= 0.3 is 5.97 Å². The summed E-state index contributed by atoms with van der Waals surface area (Å²) in [5, 5.41) is 2.96. The van der Waals surface area contributed by atoms with Crippen LogP contribution in [0.1, 0.15) is 31.3 Å². The van der Waals surface area contributed by atoms with Gasteiger partial charge in [0.15, 0.2) is 4.96 Å². The van der Waals surface area contributed by atoms with Crippen LogP contribution in [0.25, 0.3) is 26.2 Å². The molecule has 1 amide bonds. The van der Waals surface area contributed by atoms with Gasteiger partial charge in [-0.3, -0.25) is 9.20 Å².